The molecule has 1 fully saturated rings. The average molecular weight is 403 g/mol. The molecule has 1 atom stereocenters. The molecule has 0 spiro atoms. The molecule has 1 amide bonds. The molecule has 1 unspecified atom stereocenters. The molecule has 0 bridgehead atoms. The van der Waals surface area contributed by atoms with E-state index in [2.05, 4.69) is 15.9 Å². The van der Waals surface area contributed by atoms with Crippen molar-refractivity contribution in [2.45, 2.75) is 31.0 Å². The van der Waals surface area contributed by atoms with Crippen LogP contribution >= 0.6 is 27.5 Å². The third kappa shape index (κ3) is 4.95. The Bertz CT molecular complexity index is 559. The largest absolute Gasteiger partial charge is 0.466 e. The van der Waals surface area contributed by atoms with Gasteiger partial charge in [-0.2, -0.15) is 0 Å². The highest BCUT2D eigenvalue weighted by Gasteiger charge is 2.30. The number of ether oxygens (including phenoxy) is 1. The number of rotatable bonds is 5. The summed E-state index contributed by atoms with van der Waals surface area (Å²) in [5.74, 6) is -0.186. The molecule has 0 aliphatic carbocycles. The normalized spacial score (nSPS) is 16.9. The van der Waals surface area contributed by atoms with Crippen molar-refractivity contribution in [2.75, 3.05) is 19.7 Å². The van der Waals surface area contributed by atoms with Gasteiger partial charge < -0.3 is 9.64 Å². The van der Waals surface area contributed by atoms with Crippen molar-refractivity contribution >= 4 is 39.4 Å². The van der Waals surface area contributed by atoms with Gasteiger partial charge in [0, 0.05) is 18.1 Å². The van der Waals surface area contributed by atoms with E-state index in [1.54, 1.807) is 6.92 Å². The van der Waals surface area contributed by atoms with Crippen LogP contribution in [0, 0.1) is 5.92 Å². The first-order valence-electron chi connectivity index (χ1n) is 7.85. The lowest BCUT2D eigenvalue weighted by atomic mass is 9.96. The Morgan fingerprint density at radius 1 is 1.35 bits per heavy atom. The molecule has 0 radical (unpaired) electrons. The number of piperidine rings is 1. The van der Waals surface area contributed by atoms with E-state index >= 15 is 0 Å². The van der Waals surface area contributed by atoms with Crippen LogP contribution in [0.1, 0.15) is 25.3 Å². The van der Waals surface area contributed by atoms with Crippen molar-refractivity contribution in [3.05, 3.63) is 34.9 Å². The number of hydrogen-bond acceptors (Lipinski definition) is 3. The molecule has 0 aromatic heterocycles. The smallest absolute Gasteiger partial charge is 0.309 e. The minimum Gasteiger partial charge on any atom is -0.466 e. The quantitative estimate of drug-likeness (QED) is 0.560. The molecule has 2 rings (SSSR count). The first kappa shape index (κ1) is 18.3. The van der Waals surface area contributed by atoms with Gasteiger partial charge in [-0.15, -0.1) is 0 Å². The van der Waals surface area contributed by atoms with Gasteiger partial charge in [-0.05, 0) is 37.8 Å². The lowest BCUT2D eigenvalue weighted by Crippen LogP contribution is -2.44. The van der Waals surface area contributed by atoms with E-state index in [4.69, 9.17) is 16.3 Å². The van der Waals surface area contributed by atoms with E-state index in [1.807, 2.05) is 29.2 Å². The van der Waals surface area contributed by atoms with Gasteiger partial charge in [0.05, 0.1) is 17.4 Å². The Morgan fingerprint density at radius 3 is 2.61 bits per heavy atom. The van der Waals surface area contributed by atoms with Crippen molar-refractivity contribution in [1.82, 2.24) is 4.90 Å². The van der Waals surface area contributed by atoms with Gasteiger partial charge in [-0.25, -0.2) is 0 Å². The van der Waals surface area contributed by atoms with Crippen LogP contribution in [0.15, 0.2) is 24.3 Å². The number of likely N-dealkylation sites (tertiary alicyclic amines) is 1. The summed E-state index contributed by atoms with van der Waals surface area (Å²) in [5.41, 5.74) is 0.950. The fraction of sp³-hybridized carbons (Fsp3) is 0.529. The summed E-state index contributed by atoms with van der Waals surface area (Å²) in [6.45, 7) is 3.39. The predicted octanol–water partition coefficient (Wildman–Crippen LogP) is 3.45. The highest BCUT2D eigenvalue weighted by atomic mass is 79.9. The van der Waals surface area contributed by atoms with Gasteiger partial charge >= 0.3 is 5.97 Å². The minimum atomic E-state index is -0.304. The zero-order chi connectivity index (χ0) is 16.8. The first-order valence-corrected chi connectivity index (χ1v) is 9.15. The second kappa shape index (κ2) is 8.69. The molecule has 4 nitrogen and oxygen atoms in total. The summed E-state index contributed by atoms with van der Waals surface area (Å²) in [4.78, 5) is 25.8. The Hall–Kier alpha value is -1.07. The molecule has 126 valence electrons. The summed E-state index contributed by atoms with van der Waals surface area (Å²) in [6, 6.07) is 7.54. The number of amides is 1. The van der Waals surface area contributed by atoms with E-state index in [0.29, 0.717) is 44.0 Å². The molecule has 1 aromatic carbocycles. The molecular weight excluding hydrogens is 382 g/mol. The van der Waals surface area contributed by atoms with Crippen molar-refractivity contribution in [1.29, 1.82) is 0 Å². The predicted molar refractivity (Wildman–Crippen MR) is 93.8 cm³/mol. The van der Waals surface area contributed by atoms with Crippen LogP contribution in [0.5, 0.6) is 0 Å². The molecule has 6 heteroatoms. The standard InChI is InChI=1S/C17H21BrClNO3/c1-2-23-17(22)12-7-9-20(10-8-12)16(21)14(18)11-13-5-3-4-6-15(13)19/h3-6,12,14H,2,7-11H2,1H3. The zero-order valence-electron chi connectivity index (χ0n) is 13.1. The van der Waals surface area contributed by atoms with Crippen LogP contribution in [0.4, 0.5) is 0 Å². The van der Waals surface area contributed by atoms with Crippen molar-refractivity contribution in [3.8, 4) is 0 Å². The molecule has 1 heterocycles. The summed E-state index contributed by atoms with van der Waals surface area (Å²) in [7, 11) is 0. The molecule has 0 saturated carbocycles. The van der Waals surface area contributed by atoms with Gasteiger partial charge in [-0.3, -0.25) is 9.59 Å². The van der Waals surface area contributed by atoms with Gasteiger partial charge in [0.2, 0.25) is 5.91 Å². The third-order valence-electron chi connectivity index (χ3n) is 4.05. The maximum Gasteiger partial charge on any atom is 0.309 e. The Morgan fingerprint density at radius 2 is 2.00 bits per heavy atom. The SMILES string of the molecule is CCOC(=O)C1CCN(C(=O)C(Br)Cc2ccccc2Cl)CC1. The van der Waals surface area contributed by atoms with E-state index in [9.17, 15) is 9.59 Å². The summed E-state index contributed by atoms with van der Waals surface area (Å²) in [6.07, 6.45) is 1.88. The summed E-state index contributed by atoms with van der Waals surface area (Å²) < 4.78 is 5.05. The van der Waals surface area contributed by atoms with Crippen molar-refractivity contribution < 1.29 is 14.3 Å². The van der Waals surface area contributed by atoms with Crippen LogP contribution in [0.3, 0.4) is 0 Å². The Kier molecular flexibility index (Phi) is 6.90. The van der Waals surface area contributed by atoms with Gasteiger partial charge in [0.25, 0.3) is 0 Å². The number of benzene rings is 1. The molecule has 1 aromatic rings. The van der Waals surface area contributed by atoms with Crippen molar-refractivity contribution in [2.24, 2.45) is 5.92 Å². The number of carbonyl (C=O) groups is 2. The number of halogens is 2. The Labute approximate surface area is 150 Å². The van der Waals surface area contributed by atoms with E-state index in [-0.39, 0.29) is 22.6 Å². The highest BCUT2D eigenvalue weighted by molar-refractivity contribution is 9.10. The van der Waals surface area contributed by atoms with Gasteiger partial charge in [0.1, 0.15) is 0 Å². The third-order valence-corrected chi connectivity index (χ3v) is 5.14. The number of nitrogens with zero attached hydrogens (tertiary/aromatic N) is 1. The molecule has 1 aliphatic rings. The fourth-order valence-corrected chi connectivity index (χ4v) is 3.59. The van der Waals surface area contributed by atoms with Crippen molar-refractivity contribution in [3.63, 3.8) is 0 Å². The minimum absolute atomic E-state index is 0.0484. The monoisotopic (exact) mass is 401 g/mol. The van der Waals surface area contributed by atoms with Crippen LogP contribution in [-0.4, -0.2) is 41.3 Å². The summed E-state index contributed by atoms with van der Waals surface area (Å²) >= 11 is 9.62. The number of hydrogen-bond donors (Lipinski definition) is 0. The molecule has 1 saturated heterocycles. The van der Waals surface area contributed by atoms with Crippen LogP contribution < -0.4 is 0 Å². The van der Waals surface area contributed by atoms with Crippen LogP contribution in [0.2, 0.25) is 5.02 Å². The second-order valence-electron chi connectivity index (χ2n) is 5.61. The number of esters is 1. The van der Waals surface area contributed by atoms with Gasteiger partial charge in [-0.1, -0.05) is 45.7 Å². The maximum atomic E-state index is 12.5. The summed E-state index contributed by atoms with van der Waals surface area (Å²) in [5, 5.41) is 0.672. The first-order chi connectivity index (χ1) is 11.0. The molecule has 0 N–H and O–H groups in total. The topological polar surface area (TPSA) is 46.6 Å². The van der Waals surface area contributed by atoms with E-state index in [0.717, 1.165) is 5.56 Å². The number of carbonyl (C=O) groups excluding carboxylic acids is 2. The lowest BCUT2D eigenvalue weighted by Gasteiger charge is -2.32. The molecular formula is C17H21BrClNO3. The maximum absolute atomic E-state index is 12.5. The molecule has 23 heavy (non-hydrogen) atoms. The highest BCUT2D eigenvalue weighted by Crippen LogP contribution is 2.23. The second-order valence-corrected chi connectivity index (χ2v) is 7.13. The Balaban J connectivity index is 1.87. The number of alkyl halides is 1. The lowest BCUT2D eigenvalue weighted by molar-refractivity contribution is -0.151. The zero-order valence-corrected chi connectivity index (χ0v) is 15.5. The van der Waals surface area contributed by atoms with Crippen LogP contribution in [0.25, 0.3) is 0 Å². The fourth-order valence-electron chi connectivity index (χ4n) is 2.74. The van der Waals surface area contributed by atoms with Gasteiger partial charge in [0.15, 0.2) is 0 Å². The van der Waals surface area contributed by atoms with E-state index in [1.165, 1.54) is 0 Å². The van der Waals surface area contributed by atoms with Crippen LogP contribution in [-0.2, 0) is 20.7 Å². The molecule has 1 aliphatic heterocycles. The average Bonchev–Trinajstić information content (AvgIpc) is 2.56. The van der Waals surface area contributed by atoms with E-state index < -0.39 is 0 Å².